The van der Waals surface area contributed by atoms with Gasteiger partial charge in [0.25, 0.3) is 0 Å². The summed E-state index contributed by atoms with van der Waals surface area (Å²) in [6.45, 7) is 5.40. The van der Waals surface area contributed by atoms with Gasteiger partial charge in [0.15, 0.2) is 0 Å². The van der Waals surface area contributed by atoms with E-state index in [-0.39, 0.29) is 38.3 Å². The summed E-state index contributed by atoms with van der Waals surface area (Å²) >= 11 is 0. The molecule has 0 saturated carbocycles. The summed E-state index contributed by atoms with van der Waals surface area (Å²) in [5, 5.41) is 13.5. The van der Waals surface area contributed by atoms with E-state index in [4.69, 9.17) is 9.47 Å². The van der Waals surface area contributed by atoms with E-state index in [1.165, 1.54) is 0 Å². The minimum absolute atomic E-state index is 0.00272. The lowest BCUT2D eigenvalue weighted by Crippen LogP contribution is -2.63. The number of aliphatic hydroxyl groups is 1. The Morgan fingerprint density at radius 2 is 1.77 bits per heavy atom. The van der Waals surface area contributed by atoms with Crippen LogP contribution in [0.25, 0.3) is 0 Å². The van der Waals surface area contributed by atoms with E-state index >= 15 is 0 Å². The zero-order chi connectivity index (χ0) is 28.8. The molecule has 1 saturated heterocycles. The number of carbonyl (C=O) groups is 3. The monoisotopic (exact) mass is 554 g/mol. The third-order valence-corrected chi connectivity index (χ3v) is 7.66. The topological polar surface area (TPSA) is 105 Å². The minimum Gasteiger partial charge on any atom is -0.511 e. The number of ether oxygens (including phenoxy) is 2. The Labute approximate surface area is 226 Å². The van der Waals surface area contributed by atoms with Crippen LogP contribution in [-0.4, -0.2) is 66.4 Å². The predicted octanol–water partition coefficient (Wildman–Crippen LogP) is 4.30. The zero-order valence-corrected chi connectivity index (χ0v) is 22.6. The maximum absolute atomic E-state index is 13.2. The van der Waals surface area contributed by atoms with Crippen LogP contribution < -0.4 is 5.32 Å². The van der Waals surface area contributed by atoms with Gasteiger partial charge in [-0.1, -0.05) is 50.1 Å². The Morgan fingerprint density at radius 1 is 1.10 bits per heavy atom. The minimum atomic E-state index is -5.07. The lowest BCUT2D eigenvalue weighted by atomic mass is 9.58. The number of piperidine rings is 1. The second kappa shape index (κ2) is 12.8. The Kier molecular flexibility index (Phi) is 10.0. The molecule has 216 valence electrons. The molecule has 2 aliphatic rings. The van der Waals surface area contributed by atoms with E-state index in [9.17, 15) is 32.7 Å². The van der Waals surface area contributed by atoms with Crippen molar-refractivity contribution in [2.24, 2.45) is 17.3 Å². The van der Waals surface area contributed by atoms with Gasteiger partial charge in [-0.05, 0) is 32.3 Å². The van der Waals surface area contributed by atoms with E-state index in [0.29, 0.717) is 19.4 Å². The number of likely N-dealkylation sites (tertiary alicyclic amines) is 1. The average molecular weight is 555 g/mol. The maximum atomic E-state index is 13.2. The maximum Gasteiger partial charge on any atom is 0.471 e. The van der Waals surface area contributed by atoms with Gasteiger partial charge in [-0.25, -0.2) is 4.79 Å². The van der Waals surface area contributed by atoms with E-state index in [0.717, 1.165) is 12.0 Å². The fourth-order valence-electron chi connectivity index (χ4n) is 5.93. The molecule has 1 aliphatic carbocycles. The predicted molar refractivity (Wildman–Crippen MR) is 136 cm³/mol. The number of hydrogen-bond donors (Lipinski definition) is 2. The lowest BCUT2D eigenvalue weighted by Gasteiger charge is -2.56. The van der Waals surface area contributed by atoms with Gasteiger partial charge in [0.05, 0.1) is 18.8 Å². The SMILES string of the molecule is CCCC[C@]1(CNC(=O)C(F)(F)F)CN(Cc2ccccc2)[C@H]2C[C@@H]1C(C(=O)OCC)=C(O)C2C(=O)OCC. The van der Waals surface area contributed by atoms with Crippen LogP contribution in [0.1, 0.15) is 52.0 Å². The van der Waals surface area contributed by atoms with Crippen LogP contribution in [0.3, 0.4) is 0 Å². The molecule has 1 aromatic rings. The highest BCUT2D eigenvalue weighted by atomic mass is 19.4. The zero-order valence-electron chi connectivity index (χ0n) is 22.6. The number of fused-ring (bicyclic) bond motifs is 2. The summed E-state index contributed by atoms with van der Waals surface area (Å²) in [5.41, 5.74) is -0.262. The number of aliphatic hydroxyl groups excluding tert-OH is 1. The third-order valence-electron chi connectivity index (χ3n) is 7.66. The van der Waals surface area contributed by atoms with Crippen molar-refractivity contribution in [1.29, 1.82) is 0 Å². The summed E-state index contributed by atoms with van der Waals surface area (Å²) in [6.07, 6.45) is -3.17. The molecule has 1 aliphatic heterocycles. The number of hydrogen-bond acceptors (Lipinski definition) is 7. The van der Waals surface area contributed by atoms with Crippen LogP contribution in [0.15, 0.2) is 41.7 Å². The van der Waals surface area contributed by atoms with E-state index in [2.05, 4.69) is 5.32 Å². The molecular formula is C28H37F3N2O6. The molecule has 1 amide bonds. The van der Waals surface area contributed by atoms with E-state index in [1.54, 1.807) is 13.8 Å². The molecule has 8 nitrogen and oxygen atoms in total. The van der Waals surface area contributed by atoms with Gasteiger partial charge >= 0.3 is 24.0 Å². The summed E-state index contributed by atoms with van der Waals surface area (Å²) in [6, 6.07) is 8.78. The average Bonchev–Trinajstić information content (AvgIpc) is 2.88. The molecule has 0 radical (unpaired) electrons. The molecule has 2 bridgehead atoms. The molecule has 39 heavy (non-hydrogen) atoms. The Balaban J connectivity index is 2.17. The first kappa shape index (κ1) is 30.5. The number of halogens is 3. The summed E-state index contributed by atoms with van der Waals surface area (Å²) in [4.78, 5) is 40.2. The second-order valence-electron chi connectivity index (χ2n) is 10.1. The van der Waals surface area contributed by atoms with Crippen molar-refractivity contribution in [3.05, 3.63) is 47.2 Å². The van der Waals surface area contributed by atoms with Gasteiger partial charge in [-0.3, -0.25) is 14.5 Å². The molecule has 1 unspecified atom stereocenters. The fraction of sp³-hybridized carbons (Fsp3) is 0.607. The first-order valence-electron chi connectivity index (χ1n) is 13.4. The Bertz CT molecular complexity index is 1060. The van der Waals surface area contributed by atoms with E-state index < -0.39 is 53.1 Å². The molecule has 1 aromatic carbocycles. The van der Waals surface area contributed by atoms with Gasteiger partial charge < -0.3 is 19.9 Å². The van der Waals surface area contributed by atoms with E-state index in [1.807, 2.05) is 42.2 Å². The van der Waals surface area contributed by atoms with Crippen molar-refractivity contribution >= 4 is 17.8 Å². The lowest BCUT2D eigenvalue weighted by molar-refractivity contribution is -0.175. The standard InChI is InChI=1S/C28H37F3N2O6/c1-4-7-13-27(16-32-26(37)28(29,30)31)17-33(15-18-11-9-8-10-12-18)20-14-19(27)21(24(35)38-5-2)23(34)22(20)25(36)39-6-3/h8-12,19-20,22,34H,4-7,13-17H2,1-3H3,(H,32,37)/t19-,20+,22?,27+/m1/s1. The number of nitrogens with zero attached hydrogens (tertiary/aromatic N) is 1. The van der Waals surface area contributed by atoms with Gasteiger partial charge in [-0.2, -0.15) is 13.2 Å². The van der Waals surface area contributed by atoms with Crippen LogP contribution in [0.4, 0.5) is 13.2 Å². The number of alkyl halides is 3. The van der Waals surface area contributed by atoms with Gasteiger partial charge in [-0.15, -0.1) is 0 Å². The Hall–Kier alpha value is -3.08. The number of esters is 2. The number of amides is 1. The number of benzene rings is 1. The summed E-state index contributed by atoms with van der Waals surface area (Å²) in [5.74, 6) is -5.98. The van der Waals surface area contributed by atoms with Crippen molar-refractivity contribution in [1.82, 2.24) is 10.2 Å². The van der Waals surface area contributed by atoms with Crippen LogP contribution in [-0.2, 0) is 30.4 Å². The van der Waals surface area contributed by atoms with Crippen LogP contribution in [0.2, 0.25) is 0 Å². The van der Waals surface area contributed by atoms with Gasteiger partial charge in [0, 0.05) is 37.0 Å². The highest BCUT2D eigenvalue weighted by molar-refractivity contribution is 5.92. The quantitative estimate of drug-likeness (QED) is 0.393. The highest BCUT2D eigenvalue weighted by Crippen LogP contribution is 2.52. The molecule has 2 N–H and O–H groups in total. The molecular weight excluding hydrogens is 517 g/mol. The number of unbranched alkanes of at least 4 members (excludes halogenated alkanes) is 1. The first-order chi connectivity index (χ1) is 18.5. The first-order valence-corrected chi connectivity index (χ1v) is 13.4. The van der Waals surface area contributed by atoms with Crippen molar-refractivity contribution in [3.8, 4) is 0 Å². The van der Waals surface area contributed by atoms with Gasteiger partial charge in [0.1, 0.15) is 11.7 Å². The van der Waals surface area contributed by atoms with Crippen LogP contribution in [0.5, 0.6) is 0 Å². The molecule has 1 fully saturated rings. The molecule has 0 spiro atoms. The van der Waals surface area contributed by atoms with Crippen molar-refractivity contribution in [3.63, 3.8) is 0 Å². The van der Waals surface area contributed by atoms with Crippen molar-refractivity contribution < 1.29 is 42.1 Å². The summed E-state index contributed by atoms with van der Waals surface area (Å²) < 4.78 is 50.0. The molecule has 11 heteroatoms. The Morgan fingerprint density at radius 3 is 2.36 bits per heavy atom. The van der Waals surface area contributed by atoms with Crippen LogP contribution >= 0.6 is 0 Å². The highest BCUT2D eigenvalue weighted by Gasteiger charge is 2.58. The van der Waals surface area contributed by atoms with Gasteiger partial charge in [0.2, 0.25) is 0 Å². The largest absolute Gasteiger partial charge is 0.511 e. The normalized spacial score (nSPS) is 25.2. The number of carbonyl (C=O) groups excluding carboxylic acids is 3. The number of rotatable bonds is 11. The fourth-order valence-corrected chi connectivity index (χ4v) is 5.93. The smallest absolute Gasteiger partial charge is 0.471 e. The number of nitrogens with one attached hydrogen (secondary N) is 1. The molecule has 0 aromatic heterocycles. The molecule has 1 heterocycles. The van der Waals surface area contributed by atoms with Crippen LogP contribution in [0, 0.1) is 17.3 Å². The second-order valence-corrected chi connectivity index (χ2v) is 10.1. The molecule has 3 rings (SSSR count). The molecule has 4 atom stereocenters. The summed E-state index contributed by atoms with van der Waals surface area (Å²) in [7, 11) is 0. The third kappa shape index (κ3) is 6.74. The van der Waals surface area contributed by atoms with Crippen molar-refractivity contribution in [2.45, 2.75) is 65.2 Å². The van der Waals surface area contributed by atoms with Crippen molar-refractivity contribution in [2.75, 3.05) is 26.3 Å².